The normalized spacial score (nSPS) is 15.5. The summed E-state index contributed by atoms with van der Waals surface area (Å²) in [4.78, 5) is 26.4. The van der Waals surface area contributed by atoms with Gasteiger partial charge in [0.15, 0.2) is 0 Å². The lowest BCUT2D eigenvalue weighted by atomic mass is 10.1. The highest BCUT2D eigenvalue weighted by molar-refractivity contribution is 9.10. The predicted octanol–water partition coefficient (Wildman–Crippen LogP) is 2.00. The van der Waals surface area contributed by atoms with Gasteiger partial charge in [0.05, 0.1) is 17.8 Å². The number of hydrogen-bond acceptors (Lipinski definition) is 2. The molecular formula is C13H14BrN3O2. The van der Waals surface area contributed by atoms with Gasteiger partial charge in [-0.25, -0.2) is 4.79 Å². The number of rotatable bonds is 2. The minimum atomic E-state index is -0.517. The number of halogens is 1. The molecule has 100 valence electrons. The van der Waals surface area contributed by atoms with Gasteiger partial charge in [0.1, 0.15) is 0 Å². The van der Waals surface area contributed by atoms with Crippen LogP contribution in [0.1, 0.15) is 5.56 Å². The molecule has 2 rings (SSSR count). The third-order valence-electron chi connectivity index (χ3n) is 3.04. The van der Waals surface area contributed by atoms with E-state index in [0.717, 1.165) is 15.7 Å². The van der Waals surface area contributed by atoms with Gasteiger partial charge in [0.25, 0.3) is 0 Å². The number of benzene rings is 1. The van der Waals surface area contributed by atoms with Gasteiger partial charge in [-0.3, -0.25) is 9.69 Å². The number of nitrogens with two attached hydrogens (primary N) is 1. The largest absolute Gasteiger partial charge is 0.366 e. The molecule has 0 aromatic heterocycles. The summed E-state index contributed by atoms with van der Waals surface area (Å²) in [5.74, 6) is -0.517. The molecule has 1 aromatic carbocycles. The fourth-order valence-corrected chi connectivity index (χ4v) is 2.29. The Kier molecular flexibility index (Phi) is 3.61. The molecule has 5 nitrogen and oxygen atoms in total. The molecule has 0 atom stereocenters. The van der Waals surface area contributed by atoms with Crippen molar-refractivity contribution >= 4 is 33.6 Å². The van der Waals surface area contributed by atoms with Crippen molar-refractivity contribution in [2.24, 2.45) is 5.73 Å². The fraction of sp³-hybridized carbons (Fsp3) is 0.231. The van der Waals surface area contributed by atoms with Gasteiger partial charge >= 0.3 is 6.03 Å². The van der Waals surface area contributed by atoms with Crippen LogP contribution in [0.4, 0.5) is 10.5 Å². The van der Waals surface area contributed by atoms with E-state index in [9.17, 15) is 9.59 Å². The number of likely N-dealkylation sites (N-methyl/N-ethyl adjacent to an activating group) is 1. The zero-order valence-corrected chi connectivity index (χ0v) is 12.3. The summed E-state index contributed by atoms with van der Waals surface area (Å²) in [5.41, 5.74) is 7.36. The van der Waals surface area contributed by atoms with Crippen molar-refractivity contribution in [1.29, 1.82) is 0 Å². The first-order chi connectivity index (χ1) is 8.91. The molecule has 1 aliphatic rings. The summed E-state index contributed by atoms with van der Waals surface area (Å²) in [6.07, 6.45) is 1.51. The number of carbonyl (C=O) groups is 2. The first-order valence-electron chi connectivity index (χ1n) is 5.71. The van der Waals surface area contributed by atoms with E-state index in [4.69, 9.17) is 5.73 Å². The van der Waals surface area contributed by atoms with E-state index in [1.54, 1.807) is 7.05 Å². The Labute approximate surface area is 119 Å². The van der Waals surface area contributed by atoms with Gasteiger partial charge < -0.3 is 10.6 Å². The molecule has 6 heteroatoms. The van der Waals surface area contributed by atoms with E-state index in [1.807, 2.05) is 25.1 Å². The second-order valence-corrected chi connectivity index (χ2v) is 5.27. The van der Waals surface area contributed by atoms with E-state index >= 15 is 0 Å². The van der Waals surface area contributed by atoms with Crippen molar-refractivity contribution in [2.45, 2.75) is 6.92 Å². The standard InChI is InChI=1S/C13H14BrN3O2/c1-8-10(14)4-3-5-11(8)17-7-9(12(15)18)6-16(2)13(17)19/h3-5,7H,6H2,1-2H3,(H2,15,18). The first kappa shape index (κ1) is 13.6. The zero-order chi connectivity index (χ0) is 14.2. The fourth-order valence-electron chi connectivity index (χ4n) is 1.93. The average molecular weight is 324 g/mol. The van der Waals surface area contributed by atoms with Gasteiger partial charge in [-0.2, -0.15) is 0 Å². The van der Waals surface area contributed by atoms with Crippen molar-refractivity contribution in [1.82, 2.24) is 4.90 Å². The first-order valence-corrected chi connectivity index (χ1v) is 6.51. The van der Waals surface area contributed by atoms with Crippen LogP contribution in [-0.2, 0) is 4.79 Å². The quantitative estimate of drug-likeness (QED) is 0.904. The molecule has 1 aromatic rings. The van der Waals surface area contributed by atoms with Crippen LogP contribution in [0.15, 0.2) is 34.4 Å². The lowest BCUT2D eigenvalue weighted by Crippen LogP contribution is -2.45. The highest BCUT2D eigenvalue weighted by Crippen LogP contribution is 2.29. The van der Waals surface area contributed by atoms with Crippen LogP contribution in [0.5, 0.6) is 0 Å². The number of urea groups is 1. The van der Waals surface area contributed by atoms with Crippen molar-refractivity contribution in [3.05, 3.63) is 40.0 Å². The Hall–Kier alpha value is -1.82. The molecule has 19 heavy (non-hydrogen) atoms. The molecule has 0 saturated heterocycles. The number of hydrogen-bond donors (Lipinski definition) is 1. The summed E-state index contributed by atoms with van der Waals surface area (Å²) in [6.45, 7) is 2.14. The topological polar surface area (TPSA) is 66.6 Å². The molecule has 0 unspecified atom stereocenters. The second-order valence-electron chi connectivity index (χ2n) is 4.41. The third-order valence-corrected chi connectivity index (χ3v) is 3.90. The number of primary amides is 1. The number of carbonyl (C=O) groups excluding carboxylic acids is 2. The minimum absolute atomic E-state index is 0.189. The van der Waals surface area contributed by atoms with Gasteiger partial charge in [-0.15, -0.1) is 0 Å². The Morgan fingerprint density at radius 1 is 1.42 bits per heavy atom. The number of nitrogens with zero attached hydrogens (tertiary/aromatic N) is 2. The highest BCUT2D eigenvalue weighted by atomic mass is 79.9. The second kappa shape index (κ2) is 5.05. The van der Waals surface area contributed by atoms with E-state index in [-0.39, 0.29) is 12.6 Å². The minimum Gasteiger partial charge on any atom is -0.366 e. The maximum absolute atomic E-state index is 12.2. The van der Waals surface area contributed by atoms with Gasteiger partial charge in [0, 0.05) is 17.7 Å². The molecule has 0 bridgehead atoms. The SMILES string of the molecule is Cc1c(Br)cccc1N1C=C(C(N)=O)CN(C)C1=O. The van der Waals surface area contributed by atoms with Crippen molar-refractivity contribution in [3.8, 4) is 0 Å². The molecule has 0 fully saturated rings. The average Bonchev–Trinajstić information content (AvgIpc) is 2.36. The molecule has 1 heterocycles. The maximum Gasteiger partial charge on any atom is 0.328 e. The smallest absolute Gasteiger partial charge is 0.328 e. The van der Waals surface area contributed by atoms with Gasteiger partial charge in [0.2, 0.25) is 5.91 Å². The number of amides is 3. The molecule has 0 spiro atoms. The lowest BCUT2D eigenvalue weighted by molar-refractivity contribution is -0.114. The summed E-state index contributed by atoms with van der Waals surface area (Å²) in [5, 5.41) is 0. The molecule has 0 aliphatic carbocycles. The molecular weight excluding hydrogens is 310 g/mol. The van der Waals surface area contributed by atoms with Crippen molar-refractivity contribution < 1.29 is 9.59 Å². The highest BCUT2D eigenvalue weighted by Gasteiger charge is 2.27. The lowest BCUT2D eigenvalue weighted by Gasteiger charge is -2.32. The third kappa shape index (κ3) is 2.49. The monoisotopic (exact) mass is 323 g/mol. The van der Waals surface area contributed by atoms with Crippen LogP contribution < -0.4 is 10.6 Å². The Morgan fingerprint density at radius 2 is 2.11 bits per heavy atom. The zero-order valence-electron chi connectivity index (χ0n) is 10.7. The van der Waals surface area contributed by atoms with Gasteiger partial charge in [-0.1, -0.05) is 22.0 Å². The van der Waals surface area contributed by atoms with Crippen molar-refractivity contribution in [2.75, 3.05) is 18.5 Å². The van der Waals surface area contributed by atoms with Crippen LogP contribution >= 0.6 is 15.9 Å². The molecule has 0 saturated carbocycles. The molecule has 2 N–H and O–H groups in total. The summed E-state index contributed by atoms with van der Waals surface area (Å²) in [7, 11) is 1.64. The summed E-state index contributed by atoms with van der Waals surface area (Å²) in [6, 6.07) is 5.37. The Bertz CT molecular complexity index is 583. The van der Waals surface area contributed by atoms with Crippen molar-refractivity contribution in [3.63, 3.8) is 0 Å². The van der Waals surface area contributed by atoms with Gasteiger partial charge in [-0.05, 0) is 24.6 Å². The molecule has 0 radical (unpaired) electrons. The van der Waals surface area contributed by atoms with Crippen LogP contribution in [-0.4, -0.2) is 30.4 Å². The van der Waals surface area contributed by atoms with E-state index < -0.39 is 5.91 Å². The summed E-state index contributed by atoms with van der Waals surface area (Å²) < 4.78 is 0.903. The maximum atomic E-state index is 12.2. The summed E-state index contributed by atoms with van der Waals surface area (Å²) >= 11 is 3.43. The Morgan fingerprint density at radius 3 is 2.74 bits per heavy atom. The molecule has 1 aliphatic heterocycles. The predicted molar refractivity (Wildman–Crippen MR) is 76.7 cm³/mol. The molecule has 3 amide bonds. The van der Waals surface area contributed by atoms with Crippen LogP contribution in [0.3, 0.4) is 0 Å². The van der Waals surface area contributed by atoms with Crippen LogP contribution in [0.2, 0.25) is 0 Å². The number of anilines is 1. The van der Waals surface area contributed by atoms with E-state index in [0.29, 0.717) is 5.57 Å². The van der Waals surface area contributed by atoms with E-state index in [1.165, 1.54) is 16.0 Å². The van der Waals surface area contributed by atoms with E-state index in [2.05, 4.69) is 15.9 Å². The van der Waals surface area contributed by atoms with Crippen LogP contribution in [0, 0.1) is 6.92 Å². The van der Waals surface area contributed by atoms with Crippen LogP contribution in [0.25, 0.3) is 0 Å². The Balaban J connectivity index is 2.52.